The fourth-order valence-corrected chi connectivity index (χ4v) is 6.19. The largest absolute Gasteiger partial charge is 0.495 e. The van der Waals surface area contributed by atoms with Gasteiger partial charge in [-0.05, 0) is 38.0 Å². The zero-order valence-corrected chi connectivity index (χ0v) is 27.3. The maximum atomic E-state index is 13.8. The number of anilines is 1. The number of hydrogen-bond donors (Lipinski definition) is 2. The van der Waals surface area contributed by atoms with Crippen molar-refractivity contribution in [3.8, 4) is 5.75 Å². The molecule has 0 radical (unpaired) electrons. The summed E-state index contributed by atoms with van der Waals surface area (Å²) in [5.41, 5.74) is -0.587. The Morgan fingerprint density at radius 2 is 1.95 bits per heavy atom. The average Bonchev–Trinajstić information content (AvgIpc) is 3.66. The SMILES string of the molecule is COc1cc2cc(c1Cl)N(C)C(=O)C[C@H](OC(=O)C(C)C)[C@@]1(C)O[C@@H]1[C@H](C)[C@@H]1C[C@](O)(NC(=O)O1)[C@H](OC)/C=C/C=C(\C)C2. The number of rotatable bonds is 4. The molecule has 0 aromatic heterocycles. The van der Waals surface area contributed by atoms with Crippen LogP contribution < -0.4 is 15.0 Å². The molecule has 4 bridgehead atoms. The molecule has 3 aliphatic heterocycles. The molecule has 12 heteroatoms. The Morgan fingerprint density at radius 3 is 2.59 bits per heavy atom. The lowest BCUT2D eigenvalue weighted by molar-refractivity contribution is -0.157. The van der Waals surface area contributed by atoms with E-state index in [9.17, 15) is 19.5 Å². The summed E-state index contributed by atoms with van der Waals surface area (Å²) in [5, 5.41) is 14.4. The number of carbonyl (C=O) groups excluding carboxylic acids is 3. The number of alkyl carbamates (subject to hydrolysis) is 1. The minimum Gasteiger partial charge on any atom is -0.495 e. The molecular formula is C32H43ClN2O9. The molecule has 7 atom stereocenters. The molecule has 0 unspecified atom stereocenters. The van der Waals surface area contributed by atoms with Crippen molar-refractivity contribution in [1.82, 2.24) is 5.32 Å². The first-order valence-electron chi connectivity index (χ1n) is 14.7. The Labute approximate surface area is 263 Å². The summed E-state index contributed by atoms with van der Waals surface area (Å²) in [6.45, 7) is 8.95. The number of benzene rings is 1. The third kappa shape index (κ3) is 6.91. The standard InChI is InChI=1S/C32H43ClN2O9/c1-17(2)29(37)43-25-15-26(36)35(6)21-13-20(14-22(40-7)27(21)33)12-18(3)10-9-11-24(41-8)32(39)16-23(42-30(38)34-32)19(4)28-31(25,5)44-28/h9-11,13-14,17,19,23-25,28,39H,12,15-16H2,1-8H3,(H,34,38)/b11-9+,18-10+/t19-,23+,24-,25+,28-,31-,32-/m1/s1. The smallest absolute Gasteiger partial charge is 0.409 e. The van der Waals surface area contributed by atoms with Gasteiger partial charge in [-0.25, -0.2) is 4.79 Å². The van der Waals surface area contributed by atoms with E-state index >= 15 is 0 Å². The number of aliphatic hydroxyl groups is 1. The normalized spacial score (nSPS) is 34.7. The second-order valence-electron chi connectivity index (χ2n) is 12.4. The number of nitrogens with zero attached hydrogens (tertiary/aromatic N) is 1. The Kier molecular flexibility index (Phi) is 10.0. The van der Waals surface area contributed by atoms with E-state index in [0.717, 1.165) is 11.1 Å². The number of epoxide rings is 1. The van der Waals surface area contributed by atoms with Gasteiger partial charge in [-0.3, -0.25) is 14.9 Å². The zero-order valence-electron chi connectivity index (χ0n) is 26.5. The zero-order chi connectivity index (χ0) is 32.6. The Morgan fingerprint density at radius 1 is 1.25 bits per heavy atom. The van der Waals surface area contributed by atoms with Crippen molar-refractivity contribution in [1.29, 1.82) is 0 Å². The van der Waals surface area contributed by atoms with Crippen molar-refractivity contribution in [2.45, 2.75) is 89.6 Å². The predicted molar refractivity (Wildman–Crippen MR) is 164 cm³/mol. The molecule has 0 spiro atoms. The number of ether oxygens (including phenoxy) is 5. The lowest BCUT2D eigenvalue weighted by Gasteiger charge is -2.42. The van der Waals surface area contributed by atoms with Gasteiger partial charge in [-0.1, -0.05) is 56.2 Å². The molecule has 1 aromatic rings. The van der Waals surface area contributed by atoms with Gasteiger partial charge in [0.05, 0.1) is 31.2 Å². The van der Waals surface area contributed by atoms with Crippen molar-refractivity contribution >= 4 is 35.3 Å². The van der Waals surface area contributed by atoms with E-state index in [1.54, 1.807) is 40.0 Å². The third-order valence-corrected chi connectivity index (χ3v) is 9.06. The van der Waals surface area contributed by atoms with E-state index in [-0.39, 0.29) is 23.8 Å². The highest BCUT2D eigenvalue weighted by Crippen LogP contribution is 2.49. The molecule has 3 aliphatic rings. The lowest BCUT2D eigenvalue weighted by atomic mass is 9.83. The summed E-state index contributed by atoms with van der Waals surface area (Å²) in [4.78, 5) is 40.7. The van der Waals surface area contributed by atoms with Crippen LogP contribution in [-0.4, -0.2) is 80.1 Å². The fraction of sp³-hybridized carbons (Fsp3) is 0.594. The number of allylic oxidation sites excluding steroid dienone is 3. The maximum Gasteiger partial charge on any atom is 0.409 e. The summed E-state index contributed by atoms with van der Waals surface area (Å²) < 4.78 is 28.8. The molecule has 2 amide bonds. The minimum absolute atomic E-state index is 0.00361. The molecule has 1 aromatic carbocycles. The van der Waals surface area contributed by atoms with Crippen molar-refractivity contribution in [2.75, 3.05) is 26.2 Å². The highest BCUT2D eigenvalue weighted by Gasteiger charge is 2.64. The van der Waals surface area contributed by atoms with Crippen LogP contribution in [0.5, 0.6) is 5.75 Å². The van der Waals surface area contributed by atoms with Gasteiger partial charge in [0.15, 0.2) is 5.72 Å². The van der Waals surface area contributed by atoms with Crippen LogP contribution in [0.2, 0.25) is 5.02 Å². The van der Waals surface area contributed by atoms with Crippen LogP contribution in [0.1, 0.15) is 53.0 Å². The van der Waals surface area contributed by atoms with Crippen LogP contribution in [-0.2, 0) is 35.0 Å². The Bertz CT molecular complexity index is 1350. The van der Waals surface area contributed by atoms with Gasteiger partial charge in [0, 0.05) is 26.5 Å². The van der Waals surface area contributed by atoms with Crippen LogP contribution in [0, 0.1) is 11.8 Å². The fourth-order valence-electron chi connectivity index (χ4n) is 5.88. The van der Waals surface area contributed by atoms with Crippen LogP contribution in [0.15, 0.2) is 35.9 Å². The number of carbonyl (C=O) groups is 3. The summed E-state index contributed by atoms with van der Waals surface area (Å²) in [6, 6.07) is 3.63. The minimum atomic E-state index is -1.77. The average molecular weight is 635 g/mol. The number of halogens is 1. The number of fused-ring (bicyclic) bond motifs is 5. The van der Waals surface area contributed by atoms with E-state index < -0.39 is 59.6 Å². The first kappa shape index (κ1) is 33.8. The number of esters is 1. The second kappa shape index (κ2) is 13.1. The number of methoxy groups -OCH3 is 2. The van der Waals surface area contributed by atoms with Crippen LogP contribution >= 0.6 is 11.6 Å². The van der Waals surface area contributed by atoms with E-state index in [2.05, 4.69) is 5.32 Å². The molecule has 242 valence electrons. The monoisotopic (exact) mass is 634 g/mol. The van der Waals surface area contributed by atoms with Gasteiger partial charge < -0.3 is 33.7 Å². The molecule has 2 N–H and O–H groups in total. The van der Waals surface area contributed by atoms with Crippen LogP contribution in [0.25, 0.3) is 0 Å². The molecule has 11 nitrogen and oxygen atoms in total. The number of nitrogens with one attached hydrogen (secondary N) is 1. The van der Waals surface area contributed by atoms with Gasteiger partial charge in [0.1, 0.15) is 34.7 Å². The van der Waals surface area contributed by atoms with Gasteiger partial charge in [-0.2, -0.15) is 0 Å². The van der Waals surface area contributed by atoms with Gasteiger partial charge in [0.2, 0.25) is 5.91 Å². The molecule has 0 saturated carbocycles. The number of hydrogen-bond acceptors (Lipinski definition) is 9. The molecule has 3 heterocycles. The van der Waals surface area contributed by atoms with E-state index in [4.69, 9.17) is 35.3 Å². The Hall–Kier alpha value is -3.12. The van der Waals surface area contributed by atoms with Crippen molar-refractivity contribution in [3.63, 3.8) is 0 Å². The van der Waals surface area contributed by atoms with E-state index in [1.807, 2.05) is 32.1 Å². The maximum absolute atomic E-state index is 13.8. The highest BCUT2D eigenvalue weighted by molar-refractivity contribution is 6.35. The summed E-state index contributed by atoms with van der Waals surface area (Å²) in [5.74, 6) is -1.30. The molecule has 2 saturated heterocycles. The molecule has 4 rings (SSSR count). The topological polar surface area (TPSA) is 136 Å². The van der Waals surface area contributed by atoms with Crippen LogP contribution in [0.4, 0.5) is 10.5 Å². The second-order valence-corrected chi connectivity index (χ2v) is 12.8. The predicted octanol–water partition coefficient (Wildman–Crippen LogP) is 4.32. The van der Waals surface area contributed by atoms with Gasteiger partial charge >= 0.3 is 12.1 Å². The van der Waals surface area contributed by atoms with Crippen LogP contribution in [0.3, 0.4) is 0 Å². The summed E-state index contributed by atoms with van der Waals surface area (Å²) in [7, 11) is 4.56. The summed E-state index contributed by atoms with van der Waals surface area (Å²) in [6.07, 6.45) is 1.65. The molecule has 0 aliphatic carbocycles. The molecule has 44 heavy (non-hydrogen) atoms. The van der Waals surface area contributed by atoms with Crippen molar-refractivity contribution < 1.29 is 43.2 Å². The highest BCUT2D eigenvalue weighted by atomic mass is 35.5. The quantitative estimate of drug-likeness (QED) is 0.366. The third-order valence-electron chi connectivity index (χ3n) is 8.68. The van der Waals surface area contributed by atoms with Crippen molar-refractivity contribution in [3.05, 3.63) is 46.5 Å². The van der Waals surface area contributed by atoms with Crippen molar-refractivity contribution in [2.24, 2.45) is 11.8 Å². The van der Waals surface area contributed by atoms with Gasteiger partial charge in [0.25, 0.3) is 0 Å². The van der Waals surface area contributed by atoms with E-state index in [0.29, 0.717) is 17.9 Å². The Balaban J connectivity index is 1.80. The molecule has 2 fully saturated rings. The first-order valence-corrected chi connectivity index (χ1v) is 15.1. The number of amides is 2. The summed E-state index contributed by atoms with van der Waals surface area (Å²) >= 11 is 6.68. The van der Waals surface area contributed by atoms with E-state index in [1.165, 1.54) is 19.1 Å². The molecular weight excluding hydrogens is 592 g/mol. The van der Waals surface area contributed by atoms with Gasteiger partial charge in [-0.15, -0.1) is 0 Å². The lowest BCUT2D eigenvalue weighted by Crippen LogP contribution is -2.63. The first-order chi connectivity index (χ1) is 20.6.